The van der Waals surface area contributed by atoms with Crippen LogP contribution in [0.2, 0.25) is 0 Å². The Kier molecular flexibility index (Phi) is 5.02. The van der Waals surface area contributed by atoms with Gasteiger partial charge in [0.25, 0.3) is 0 Å². The minimum Gasteiger partial charge on any atom is -0.508 e. The predicted molar refractivity (Wildman–Crippen MR) is 78.8 cm³/mol. The van der Waals surface area contributed by atoms with Gasteiger partial charge in [0.05, 0.1) is 6.61 Å². The highest BCUT2D eigenvalue weighted by molar-refractivity contribution is 6.17. The average Bonchev–Trinajstić information content (AvgIpc) is 2.48. The van der Waals surface area contributed by atoms with Crippen LogP contribution in [0.1, 0.15) is 22.3 Å². The van der Waals surface area contributed by atoms with Crippen molar-refractivity contribution in [2.75, 3.05) is 12.5 Å². The lowest BCUT2D eigenvalue weighted by atomic mass is 10.0. The Hall–Kier alpha value is -2.00. The van der Waals surface area contributed by atoms with Crippen molar-refractivity contribution in [2.24, 2.45) is 0 Å². The van der Waals surface area contributed by atoms with Crippen LogP contribution in [0.4, 0.5) is 0 Å². The maximum Gasteiger partial charge on any atom is 0.193 e. The number of phenolic OH excluding ortho intramolecular Hbond substituents is 1. The summed E-state index contributed by atoms with van der Waals surface area (Å²) in [7, 11) is 0. The Bertz CT molecular complexity index is 561. The number of ether oxygens (including phenoxy) is 1. The number of hydrogen-bond acceptors (Lipinski definition) is 3. The molecule has 0 spiro atoms. The van der Waals surface area contributed by atoms with Gasteiger partial charge in [-0.3, -0.25) is 4.79 Å². The van der Waals surface area contributed by atoms with E-state index in [0.717, 1.165) is 12.2 Å². The van der Waals surface area contributed by atoms with E-state index >= 15 is 0 Å². The van der Waals surface area contributed by atoms with Crippen LogP contribution in [0.3, 0.4) is 0 Å². The highest BCUT2D eigenvalue weighted by Gasteiger charge is 2.08. The van der Waals surface area contributed by atoms with Gasteiger partial charge in [-0.15, -0.1) is 11.6 Å². The van der Waals surface area contributed by atoms with Crippen LogP contribution in [0, 0.1) is 0 Å². The number of benzene rings is 2. The van der Waals surface area contributed by atoms with Gasteiger partial charge < -0.3 is 9.84 Å². The van der Waals surface area contributed by atoms with Crippen LogP contribution in [0.15, 0.2) is 48.5 Å². The van der Waals surface area contributed by atoms with Crippen LogP contribution in [-0.2, 0) is 0 Å². The summed E-state index contributed by atoms with van der Waals surface area (Å²) < 4.78 is 5.47. The number of rotatable bonds is 6. The number of alkyl halides is 1. The van der Waals surface area contributed by atoms with E-state index in [0.29, 0.717) is 23.6 Å². The van der Waals surface area contributed by atoms with E-state index in [9.17, 15) is 9.90 Å². The van der Waals surface area contributed by atoms with E-state index in [-0.39, 0.29) is 11.5 Å². The molecule has 0 radical (unpaired) electrons. The predicted octanol–water partition coefficient (Wildman–Crippen LogP) is 3.63. The summed E-state index contributed by atoms with van der Waals surface area (Å²) in [6.45, 7) is 0.564. The molecule has 104 valence electrons. The van der Waals surface area contributed by atoms with E-state index in [2.05, 4.69) is 0 Å². The zero-order valence-corrected chi connectivity index (χ0v) is 11.6. The molecule has 2 aromatic carbocycles. The molecule has 0 aliphatic rings. The van der Waals surface area contributed by atoms with Crippen LogP contribution in [0.5, 0.6) is 11.5 Å². The van der Waals surface area contributed by atoms with Crippen LogP contribution in [0.25, 0.3) is 0 Å². The van der Waals surface area contributed by atoms with Crippen molar-refractivity contribution in [1.82, 2.24) is 0 Å². The fourth-order valence-electron chi connectivity index (χ4n) is 1.73. The molecule has 0 saturated heterocycles. The average molecular weight is 291 g/mol. The van der Waals surface area contributed by atoms with Crippen LogP contribution in [-0.4, -0.2) is 23.4 Å². The van der Waals surface area contributed by atoms with E-state index < -0.39 is 0 Å². The lowest BCUT2D eigenvalue weighted by Gasteiger charge is -2.06. The second-order valence-electron chi connectivity index (χ2n) is 4.29. The molecule has 1 N–H and O–H groups in total. The summed E-state index contributed by atoms with van der Waals surface area (Å²) in [6.07, 6.45) is 0.787. The molecule has 0 aromatic heterocycles. The maximum absolute atomic E-state index is 12.2. The first-order valence-electron chi connectivity index (χ1n) is 6.33. The lowest BCUT2D eigenvalue weighted by Crippen LogP contribution is -2.02. The molecule has 0 heterocycles. The zero-order valence-electron chi connectivity index (χ0n) is 10.9. The van der Waals surface area contributed by atoms with Gasteiger partial charge in [-0.05, 0) is 55.0 Å². The van der Waals surface area contributed by atoms with Gasteiger partial charge in [0.1, 0.15) is 11.5 Å². The van der Waals surface area contributed by atoms with Gasteiger partial charge in [-0.2, -0.15) is 0 Å². The molecular weight excluding hydrogens is 276 g/mol. The van der Waals surface area contributed by atoms with Crippen molar-refractivity contribution in [3.8, 4) is 11.5 Å². The minimum atomic E-state index is -0.0858. The largest absolute Gasteiger partial charge is 0.508 e. The normalized spacial score (nSPS) is 10.2. The first-order valence-corrected chi connectivity index (χ1v) is 6.87. The smallest absolute Gasteiger partial charge is 0.193 e. The van der Waals surface area contributed by atoms with Crippen molar-refractivity contribution < 1.29 is 14.6 Å². The molecule has 0 amide bonds. The van der Waals surface area contributed by atoms with Gasteiger partial charge >= 0.3 is 0 Å². The Morgan fingerprint density at radius 2 is 1.55 bits per heavy atom. The summed E-state index contributed by atoms with van der Waals surface area (Å²) in [4.78, 5) is 12.2. The van der Waals surface area contributed by atoms with Gasteiger partial charge in [0.2, 0.25) is 0 Å². The van der Waals surface area contributed by atoms with Crippen LogP contribution < -0.4 is 4.74 Å². The summed E-state index contributed by atoms with van der Waals surface area (Å²) in [6, 6.07) is 13.2. The fraction of sp³-hybridized carbons (Fsp3) is 0.188. The summed E-state index contributed by atoms with van der Waals surface area (Å²) in [5, 5.41) is 9.21. The molecule has 0 unspecified atom stereocenters. The van der Waals surface area contributed by atoms with Gasteiger partial charge in [0.15, 0.2) is 5.78 Å². The van der Waals surface area contributed by atoms with Crippen molar-refractivity contribution >= 4 is 17.4 Å². The van der Waals surface area contributed by atoms with Crippen LogP contribution >= 0.6 is 11.6 Å². The summed E-state index contributed by atoms with van der Waals surface area (Å²) >= 11 is 5.57. The number of phenols is 1. The molecule has 2 rings (SSSR count). The summed E-state index contributed by atoms with van der Waals surface area (Å²) in [5.74, 6) is 1.34. The molecule has 3 nitrogen and oxygen atoms in total. The van der Waals surface area contributed by atoms with E-state index in [1.807, 2.05) is 0 Å². The SMILES string of the molecule is O=C(c1ccc(O)cc1)c1ccc(OCCCCl)cc1. The Morgan fingerprint density at radius 3 is 2.10 bits per heavy atom. The van der Waals surface area contributed by atoms with E-state index in [1.165, 1.54) is 12.1 Å². The number of ketones is 1. The minimum absolute atomic E-state index is 0.0858. The molecule has 0 fully saturated rings. The second kappa shape index (κ2) is 6.96. The van der Waals surface area contributed by atoms with Crippen molar-refractivity contribution in [2.45, 2.75) is 6.42 Å². The van der Waals surface area contributed by atoms with E-state index in [1.54, 1.807) is 36.4 Å². The van der Waals surface area contributed by atoms with Gasteiger partial charge in [-0.1, -0.05) is 0 Å². The maximum atomic E-state index is 12.2. The first kappa shape index (κ1) is 14.4. The first-order chi connectivity index (χ1) is 9.70. The number of hydrogen-bond donors (Lipinski definition) is 1. The van der Waals surface area contributed by atoms with Crippen molar-refractivity contribution in [3.63, 3.8) is 0 Å². The molecule has 0 saturated carbocycles. The number of aromatic hydroxyl groups is 1. The van der Waals surface area contributed by atoms with Crippen molar-refractivity contribution in [1.29, 1.82) is 0 Å². The third-order valence-corrected chi connectivity index (χ3v) is 3.06. The monoisotopic (exact) mass is 290 g/mol. The second-order valence-corrected chi connectivity index (χ2v) is 4.67. The highest BCUT2D eigenvalue weighted by Crippen LogP contribution is 2.17. The third kappa shape index (κ3) is 3.75. The Labute approximate surface area is 122 Å². The number of carbonyl (C=O) groups is 1. The van der Waals surface area contributed by atoms with Gasteiger partial charge in [-0.25, -0.2) is 0 Å². The standard InChI is InChI=1S/C16H15ClO3/c17-10-1-11-20-15-8-4-13(5-9-15)16(19)12-2-6-14(18)7-3-12/h2-9,18H,1,10-11H2. The Morgan fingerprint density at radius 1 is 1.00 bits per heavy atom. The fourth-order valence-corrected chi connectivity index (χ4v) is 1.84. The molecule has 2 aromatic rings. The lowest BCUT2D eigenvalue weighted by molar-refractivity contribution is 0.103. The molecular formula is C16H15ClO3. The van der Waals surface area contributed by atoms with E-state index in [4.69, 9.17) is 16.3 Å². The molecule has 20 heavy (non-hydrogen) atoms. The summed E-state index contributed by atoms with van der Waals surface area (Å²) in [5.41, 5.74) is 1.12. The van der Waals surface area contributed by atoms with Gasteiger partial charge in [0, 0.05) is 17.0 Å². The third-order valence-electron chi connectivity index (χ3n) is 2.79. The highest BCUT2D eigenvalue weighted by atomic mass is 35.5. The quantitative estimate of drug-likeness (QED) is 0.502. The molecule has 0 aliphatic heterocycles. The number of halogens is 1. The molecule has 0 aliphatic carbocycles. The molecule has 0 atom stereocenters. The zero-order chi connectivity index (χ0) is 14.4. The number of carbonyl (C=O) groups excluding carboxylic acids is 1. The Balaban J connectivity index is 2.05. The molecule has 4 heteroatoms. The molecule has 0 bridgehead atoms. The van der Waals surface area contributed by atoms with Crippen molar-refractivity contribution in [3.05, 3.63) is 59.7 Å². The topological polar surface area (TPSA) is 46.5 Å².